The molecule has 0 bridgehead atoms. The van der Waals surface area contributed by atoms with Gasteiger partial charge in [0.25, 0.3) is 0 Å². The van der Waals surface area contributed by atoms with Crippen LogP contribution in [0.1, 0.15) is 10.4 Å². The van der Waals surface area contributed by atoms with E-state index in [4.69, 9.17) is 0 Å². The number of aryl methyl sites for hydroxylation is 1. The molecule has 0 radical (unpaired) electrons. The standard InChI is InChI=1S/C17H18FN5S/c1-12-8-14-16(20-11-21-17(14)24-12)23-6-4-22(5-7-23)10-13-2-3-19-9-15(13)18/h2-3,8-9,11H,4-7,10H2,1H3. The van der Waals surface area contributed by atoms with Gasteiger partial charge in [0, 0.05) is 49.4 Å². The number of fused-ring (bicyclic) bond motifs is 1. The molecule has 4 rings (SSSR count). The van der Waals surface area contributed by atoms with Crippen molar-refractivity contribution >= 4 is 27.4 Å². The van der Waals surface area contributed by atoms with Gasteiger partial charge in [-0.1, -0.05) is 0 Å². The van der Waals surface area contributed by atoms with Gasteiger partial charge in [-0.3, -0.25) is 9.88 Å². The van der Waals surface area contributed by atoms with E-state index in [1.54, 1.807) is 29.9 Å². The minimum absolute atomic E-state index is 0.230. The summed E-state index contributed by atoms with van der Waals surface area (Å²) in [6.07, 6.45) is 4.57. The van der Waals surface area contributed by atoms with E-state index < -0.39 is 0 Å². The first kappa shape index (κ1) is 15.4. The number of pyridine rings is 1. The van der Waals surface area contributed by atoms with Gasteiger partial charge in [0.05, 0.1) is 11.6 Å². The van der Waals surface area contributed by atoms with Crippen LogP contribution in [-0.2, 0) is 6.54 Å². The fraction of sp³-hybridized carbons (Fsp3) is 0.353. The van der Waals surface area contributed by atoms with Crippen molar-refractivity contribution in [3.63, 3.8) is 0 Å². The Morgan fingerprint density at radius 3 is 2.83 bits per heavy atom. The van der Waals surface area contributed by atoms with E-state index in [1.165, 1.54) is 11.1 Å². The number of rotatable bonds is 3. The van der Waals surface area contributed by atoms with Gasteiger partial charge in [-0.2, -0.15) is 0 Å². The van der Waals surface area contributed by atoms with Crippen LogP contribution in [-0.4, -0.2) is 46.0 Å². The van der Waals surface area contributed by atoms with Crippen molar-refractivity contribution in [2.45, 2.75) is 13.5 Å². The fourth-order valence-corrected chi connectivity index (χ4v) is 3.95. The van der Waals surface area contributed by atoms with Crippen LogP contribution < -0.4 is 4.90 Å². The van der Waals surface area contributed by atoms with E-state index in [2.05, 4.69) is 37.7 Å². The number of hydrogen-bond acceptors (Lipinski definition) is 6. The Balaban J connectivity index is 1.47. The number of piperazine rings is 1. The highest BCUT2D eigenvalue weighted by Gasteiger charge is 2.21. The molecule has 1 aliphatic rings. The molecule has 1 aliphatic heterocycles. The summed E-state index contributed by atoms with van der Waals surface area (Å²) in [5.41, 5.74) is 0.705. The summed E-state index contributed by atoms with van der Waals surface area (Å²) >= 11 is 1.70. The third-order valence-electron chi connectivity index (χ3n) is 4.35. The molecule has 3 aromatic rings. The van der Waals surface area contributed by atoms with Crippen molar-refractivity contribution in [2.75, 3.05) is 31.1 Å². The molecule has 0 spiro atoms. The molecule has 0 aliphatic carbocycles. The number of hydrogen-bond donors (Lipinski definition) is 0. The SMILES string of the molecule is Cc1cc2c(N3CCN(Cc4ccncc4F)CC3)ncnc2s1. The molecule has 0 N–H and O–H groups in total. The lowest BCUT2D eigenvalue weighted by Crippen LogP contribution is -2.46. The van der Waals surface area contributed by atoms with Gasteiger partial charge >= 0.3 is 0 Å². The van der Waals surface area contributed by atoms with Crippen molar-refractivity contribution in [3.05, 3.63) is 47.1 Å². The zero-order valence-electron chi connectivity index (χ0n) is 13.4. The van der Waals surface area contributed by atoms with E-state index in [0.29, 0.717) is 12.1 Å². The maximum Gasteiger partial charge on any atom is 0.145 e. The Kier molecular flexibility index (Phi) is 4.12. The molecule has 0 amide bonds. The minimum atomic E-state index is -0.230. The zero-order valence-corrected chi connectivity index (χ0v) is 14.3. The quantitative estimate of drug-likeness (QED) is 0.732. The molecule has 4 heterocycles. The highest BCUT2D eigenvalue weighted by atomic mass is 32.1. The van der Waals surface area contributed by atoms with Crippen LogP contribution in [0, 0.1) is 12.7 Å². The third kappa shape index (κ3) is 2.97. The summed E-state index contributed by atoms with van der Waals surface area (Å²) in [4.78, 5) is 19.5. The van der Waals surface area contributed by atoms with E-state index in [-0.39, 0.29) is 5.82 Å². The number of thiophene rings is 1. The first-order valence-electron chi connectivity index (χ1n) is 7.97. The fourth-order valence-electron chi connectivity index (χ4n) is 3.11. The summed E-state index contributed by atoms with van der Waals surface area (Å²) in [6.45, 7) is 6.25. The minimum Gasteiger partial charge on any atom is -0.353 e. The Morgan fingerprint density at radius 2 is 2.04 bits per heavy atom. The van der Waals surface area contributed by atoms with Gasteiger partial charge in [-0.25, -0.2) is 14.4 Å². The van der Waals surface area contributed by atoms with Crippen LogP contribution in [0.4, 0.5) is 10.2 Å². The first-order chi connectivity index (χ1) is 11.7. The zero-order chi connectivity index (χ0) is 16.5. The van der Waals surface area contributed by atoms with Gasteiger partial charge in [0.1, 0.15) is 22.8 Å². The summed E-state index contributed by atoms with van der Waals surface area (Å²) < 4.78 is 13.7. The molecule has 0 saturated carbocycles. The first-order valence-corrected chi connectivity index (χ1v) is 8.79. The van der Waals surface area contributed by atoms with E-state index >= 15 is 0 Å². The lowest BCUT2D eigenvalue weighted by atomic mass is 10.2. The number of nitrogens with zero attached hydrogens (tertiary/aromatic N) is 5. The van der Waals surface area contributed by atoms with Gasteiger partial charge in [0.2, 0.25) is 0 Å². The summed E-state index contributed by atoms with van der Waals surface area (Å²) in [7, 11) is 0. The predicted molar refractivity (Wildman–Crippen MR) is 93.8 cm³/mol. The van der Waals surface area contributed by atoms with Crippen molar-refractivity contribution in [2.24, 2.45) is 0 Å². The van der Waals surface area contributed by atoms with Crippen LogP contribution in [0.15, 0.2) is 30.9 Å². The molecule has 124 valence electrons. The average molecular weight is 343 g/mol. The van der Waals surface area contributed by atoms with E-state index in [9.17, 15) is 4.39 Å². The Bertz CT molecular complexity index is 857. The van der Waals surface area contributed by atoms with Gasteiger partial charge in [0.15, 0.2) is 0 Å². The van der Waals surface area contributed by atoms with Gasteiger partial charge in [-0.05, 0) is 19.1 Å². The van der Waals surface area contributed by atoms with Crippen LogP contribution in [0.2, 0.25) is 0 Å². The van der Waals surface area contributed by atoms with Crippen LogP contribution in [0.5, 0.6) is 0 Å². The summed E-state index contributed by atoms with van der Waals surface area (Å²) in [6, 6.07) is 3.91. The van der Waals surface area contributed by atoms with E-state index in [0.717, 1.165) is 42.2 Å². The average Bonchev–Trinajstić information content (AvgIpc) is 2.98. The molecule has 0 atom stereocenters. The van der Waals surface area contributed by atoms with Crippen molar-refractivity contribution in [1.29, 1.82) is 0 Å². The highest BCUT2D eigenvalue weighted by molar-refractivity contribution is 7.18. The van der Waals surface area contributed by atoms with E-state index in [1.807, 2.05) is 0 Å². The second-order valence-corrected chi connectivity index (χ2v) is 7.24. The topological polar surface area (TPSA) is 45.2 Å². The van der Waals surface area contributed by atoms with Crippen molar-refractivity contribution < 1.29 is 4.39 Å². The Morgan fingerprint density at radius 1 is 1.21 bits per heavy atom. The lowest BCUT2D eigenvalue weighted by molar-refractivity contribution is 0.246. The smallest absolute Gasteiger partial charge is 0.145 e. The highest BCUT2D eigenvalue weighted by Crippen LogP contribution is 2.30. The molecule has 7 heteroatoms. The van der Waals surface area contributed by atoms with Crippen LogP contribution in [0.3, 0.4) is 0 Å². The third-order valence-corrected chi connectivity index (χ3v) is 5.31. The largest absolute Gasteiger partial charge is 0.353 e. The molecule has 0 unspecified atom stereocenters. The van der Waals surface area contributed by atoms with Gasteiger partial charge < -0.3 is 4.90 Å². The van der Waals surface area contributed by atoms with Crippen LogP contribution >= 0.6 is 11.3 Å². The lowest BCUT2D eigenvalue weighted by Gasteiger charge is -2.35. The summed E-state index contributed by atoms with van der Waals surface area (Å²) in [5.74, 6) is 0.783. The number of aromatic nitrogens is 3. The number of anilines is 1. The molecule has 0 aromatic carbocycles. The molecule has 3 aromatic heterocycles. The van der Waals surface area contributed by atoms with Crippen molar-refractivity contribution in [3.8, 4) is 0 Å². The monoisotopic (exact) mass is 343 g/mol. The van der Waals surface area contributed by atoms with Crippen LogP contribution in [0.25, 0.3) is 10.2 Å². The van der Waals surface area contributed by atoms with Gasteiger partial charge in [-0.15, -0.1) is 11.3 Å². The molecule has 1 saturated heterocycles. The second-order valence-electron chi connectivity index (χ2n) is 6.00. The maximum atomic E-state index is 13.7. The Hall–Kier alpha value is -2.12. The summed E-state index contributed by atoms with van der Waals surface area (Å²) in [5, 5.41) is 1.13. The number of halogens is 1. The predicted octanol–water partition coefficient (Wildman–Crippen LogP) is 2.86. The second kappa shape index (κ2) is 6.41. The molecular weight excluding hydrogens is 325 g/mol. The normalized spacial score (nSPS) is 16.0. The maximum absolute atomic E-state index is 13.7. The molecule has 5 nitrogen and oxygen atoms in total. The Labute approximate surface area is 143 Å². The molecule has 24 heavy (non-hydrogen) atoms. The molecular formula is C17H18FN5S. The molecule has 1 fully saturated rings. The van der Waals surface area contributed by atoms with Crippen molar-refractivity contribution in [1.82, 2.24) is 19.9 Å².